The predicted molar refractivity (Wildman–Crippen MR) is 130 cm³/mol. The lowest BCUT2D eigenvalue weighted by atomic mass is 10.1. The van der Waals surface area contributed by atoms with Crippen LogP contribution in [0.5, 0.6) is 0 Å². The third kappa shape index (κ3) is 4.72. The van der Waals surface area contributed by atoms with E-state index >= 15 is 0 Å². The van der Waals surface area contributed by atoms with Crippen molar-refractivity contribution in [3.8, 4) is 5.69 Å². The first-order valence-electron chi connectivity index (χ1n) is 11.5. The van der Waals surface area contributed by atoms with Gasteiger partial charge in [-0.3, -0.25) is 19.5 Å². The number of carbonyl (C=O) groups is 2. The molecule has 34 heavy (non-hydrogen) atoms. The number of ether oxygens (including phenoxy) is 1. The molecule has 1 saturated heterocycles. The summed E-state index contributed by atoms with van der Waals surface area (Å²) in [6.45, 7) is 11.4. The summed E-state index contributed by atoms with van der Waals surface area (Å²) in [6, 6.07) is 9.19. The van der Waals surface area contributed by atoms with E-state index in [0.717, 1.165) is 48.4 Å². The van der Waals surface area contributed by atoms with Gasteiger partial charge in [-0.2, -0.15) is 0 Å². The van der Waals surface area contributed by atoms with Crippen LogP contribution in [0.15, 0.2) is 36.5 Å². The zero-order chi connectivity index (χ0) is 24.2. The Bertz CT molecular complexity index is 1250. The average Bonchev–Trinajstić information content (AvgIpc) is 3.14. The number of rotatable bonds is 8. The van der Waals surface area contributed by atoms with Gasteiger partial charge >= 0.3 is 0 Å². The standard InChI is InChI=1S/C26H29N5O3/c1-17-24(22(32)16-30-11-5-4-6-12-30)25-21(31(17)20-9-7-19(28-2)8-10-20)13-18(15-29-25)14-23(34-3)26(27)33/h7-10,13,15,23H,4-6,11-12,14,16H2,1,3H3,(H2,27,33). The number of Topliss-reactive ketones (excluding diaryl/α,β-unsaturated/α-hetero) is 1. The van der Waals surface area contributed by atoms with E-state index in [1.807, 2.05) is 29.7 Å². The largest absolute Gasteiger partial charge is 0.371 e. The first-order chi connectivity index (χ1) is 16.4. The summed E-state index contributed by atoms with van der Waals surface area (Å²) in [5.41, 5.74) is 10.4. The van der Waals surface area contributed by atoms with Crippen LogP contribution >= 0.6 is 0 Å². The van der Waals surface area contributed by atoms with Gasteiger partial charge in [0.1, 0.15) is 6.10 Å². The first-order valence-corrected chi connectivity index (χ1v) is 11.5. The van der Waals surface area contributed by atoms with Crippen molar-refractivity contribution in [3.05, 3.63) is 64.8 Å². The molecular formula is C26H29N5O3. The van der Waals surface area contributed by atoms with Gasteiger partial charge < -0.3 is 15.0 Å². The minimum atomic E-state index is -0.762. The second kappa shape index (κ2) is 10.2. The summed E-state index contributed by atoms with van der Waals surface area (Å²) >= 11 is 0. The molecule has 2 aromatic heterocycles. The fraction of sp³-hybridized carbons (Fsp3) is 0.385. The Morgan fingerprint density at radius 3 is 2.53 bits per heavy atom. The first kappa shape index (κ1) is 23.6. The van der Waals surface area contributed by atoms with Gasteiger partial charge in [0, 0.05) is 31.1 Å². The number of ketones is 1. The van der Waals surface area contributed by atoms with Crippen molar-refractivity contribution in [3.63, 3.8) is 0 Å². The molecule has 2 N–H and O–H groups in total. The highest BCUT2D eigenvalue weighted by Gasteiger charge is 2.25. The fourth-order valence-corrected chi connectivity index (χ4v) is 4.69. The van der Waals surface area contributed by atoms with Gasteiger partial charge in [-0.1, -0.05) is 18.6 Å². The molecule has 176 valence electrons. The van der Waals surface area contributed by atoms with Gasteiger partial charge in [0.2, 0.25) is 5.91 Å². The Kier molecular flexibility index (Phi) is 7.06. The lowest BCUT2D eigenvalue weighted by Gasteiger charge is -2.25. The molecular weight excluding hydrogens is 430 g/mol. The van der Waals surface area contributed by atoms with E-state index in [9.17, 15) is 9.59 Å². The maximum atomic E-state index is 13.5. The zero-order valence-corrected chi connectivity index (χ0v) is 19.6. The predicted octanol–water partition coefficient (Wildman–Crippen LogP) is 3.60. The fourth-order valence-electron chi connectivity index (χ4n) is 4.69. The molecule has 0 aliphatic carbocycles. The quantitative estimate of drug-likeness (QED) is 0.410. The molecule has 8 nitrogen and oxygen atoms in total. The number of benzene rings is 1. The Labute approximate surface area is 199 Å². The lowest BCUT2D eigenvalue weighted by Crippen LogP contribution is -2.34. The van der Waals surface area contributed by atoms with Crippen molar-refractivity contribution in [2.45, 2.75) is 38.7 Å². The van der Waals surface area contributed by atoms with E-state index < -0.39 is 12.0 Å². The number of aromatic nitrogens is 2. The van der Waals surface area contributed by atoms with Gasteiger partial charge in [0.05, 0.1) is 29.7 Å². The van der Waals surface area contributed by atoms with Crippen molar-refractivity contribution in [1.29, 1.82) is 0 Å². The number of pyridine rings is 1. The highest BCUT2D eigenvalue weighted by molar-refractivity contribution is 6.09. The number of nitrogens with two attached hydrogens (primary N) is 1. The third-order valence-electron chi connectivity index (χ3n) is 6.45. The molecule has 0 bridgehead atoms. The normalized spacial score (nSPS) is 15.2. The van der Waals surface area contributed by atoms with Crippen LogP contribution < -0.4 is 5.73 Å². The molecule has 1 amide bonds. The molecule has 3 aromatic rings. The number of carbonyl (C=O) groups excluding carboxylic acids is 2. The smallest absolute Gasteiger partial charge is 0.246 e. The summed E-state index contributed by atoms with van der Waals surface area (Å²) in [4.78, 5) is 35.5. The maximum absolute atomic E-state index is 13.5. The Morgan fingerprint density at radius 2 is 1.91 bits per heavy atom. The highest BCUT2D eigenvalue weighted by atomic mass is 16.5. The molecule has 1 aromatic carbocycles. The van der Waals surface area contributed by atoms with Crippen LogP contribution in [0.4, 0.5) is 5.69 Å². The SMILES string of the molecule is [C-]#[N+]c1ccc(-n2c(C)c(C(=O)CN3CCCCC3)c3ncc(CC(OC)C(N)=O)cc32)cc1. The molecule has 4 rings (SSSR count). The number of hydrogen-bond donors (Lipinski definition) is 1. The van der Waals surface area contributed by atoms with E-state index in [1.165, 1.54) is 13.5 Å². The minimum absolute atomic E-state index is 0.0492. The molecule has 0 saturated carbocycles. The Balaban J connectivity index is 1.81. The van der Waals surface area contributed by atoms with Crippen molar-refractivity contribution in [2.24, 2.45) is 5.73 Å². The number of hydrogen-bond acceptors (Lipinski definition) is 5. The summed E-state index contributed by atoms with van der Waals surface area (Å²) in [7, 11) is 1.45. The number of piperidine rings is 1. The highest BCUT2D eigenvalue weighted by Crippen LogP contribution is 2.30. The summed E-state index contributed by atoms with van der Waals surface area (Å²) in [5.74, 6) is -0.491. The van der Waals surface area contributed by atoms with Crippen LogP contribution in [-0.2, 0) is 16.0 Å². The van der Waals surface area contributed by atoms with Gasteiger partial charge in [-0.25, -0.2) is 4.85 Å². The Hall–Kier alpha value is -3.54. The van der Waals surface area contributed by atoms with Crippen LogP contribution in [-0.4, -0.2) is 59.0 Å². The Morgan fingerprint density at radius 1 is 1.21 bits per heavy atom. The molecule has 1 aliphatic rings. The van der Waals surface area contributed by atoms with Crippen LogP contribution in [0.25, 0.3) is 21.6 Å². The summed E-state index contributed by atoms with van der Waals surface area (Å²) in [5, 5.41) is 0. The van der Waals surface area contributed by atoms with Gasteiger partial charge in [0.25, 0.3) is 0 Å². The van der Waals surface area contributed by atoms with Gasteiger partial charge in [-0.15, -0.1) is 0 Å². The van der Waals surface area contributed by atoms with Crippen molar-refractivity contribution >= 4 is 28.4 Å². The number of fused-ring (bicyclic) bond motifs is 1. The number of primary amides is 1. The van der Waals surface area contributed by atoms with Crippen LogP contribution in [0, 0.1) is 13.5 Å². The number of likely N-dealkylation sites (tertiary alicyclic amines) is 1. The van der Waals surface area contributed by atoms with Gasteiger partial charge in [0.15, 0.2) is 11.5 Å². The van der Waals surface area contributed by atoms with Crippen molar-refractivity contribution < 1.29 is 14.3 Å². The second-order valence-corrected chi connectivity index (χ2v) is 8.73. The van der Waals surface area contributed by atoms with Gasteiger partial charge in [-0.05, 0) is 56.6 Å². The van der Waals surface area contributed by atoms with E-state index in [-0.39, 0.29) is 12.2 Å². The lowest BCUT2D eigenvalue weighted by molar-refractivity contribution is -0.127. The summed E-state index contributed by atoms with van der Waals surface area (Å²) < 4.78 is 7.22. The number of methoxy groups -OCH3 is 1. The topological polar surface area (TPSA) is 94.8 Å². The number of nitrogens with zero attached hydrogens (tertiary/aromatic N) is 4. The van der Waals surface area contributed by atoms with Crippen LogP contribution in [0.3, 0.4) is 0 Å². The van der Waals surface area contributed by atoms with E-state index in [4.69, 9.17) is 17.0 Å². The van der Waals surface area contributed by atoms with Crippen molar-refractivity contribution in [1.82, 2.24) is 14.5 Å². The van der Waals surface area contributed by atoms with E-state index in [2.05, 4.69) is 14.7 Å². The molecule has 3 heterocycles. The molecule has 1 unspecified atom stereocenters. The second-order valence-electron chi connectivity index (χ2n) is 8.73. The molecule has 1 atom stereocenters. The number of amides is 1. The average molecular weight is 460 g/mol. The molecule has 8 heteroatoms. The molecule has 1 aliphatic heterocycles. The summed E-state index contributed by atoms with van der Waals surface area (Å²) in [6.07, 6.45) is 4.64. The third-order valence-corrected chi connectivity index (χ3v) is 6.45. The molecule has 0 radical (unpaired) electrons. The zero-order valence-electron chi connectivity index (χ0n) is 19.6. The van der Waals surface area contributed by atoms with E-state index in [0.29, 0.717) is 23.3 Å². The monoisotopic (exact) mass is 459 g/mol. The van der Waals surface area contributed by atoms with Crippen molar-refractivity contribution in [2.75, 3.05) is 26.7 Å². The molecule has 0 spiro atoms. The minimum Gasteiger partial charge on any atom is -0.371 e. The van der Waals surface area contributed by atoms with Crippen LogP contribution in [0.1, 0.15) is 40.9 Å². The molecule has 1 fully saturated rings. The van der Waals surface area contributed by atoms with E-state index in [1.54, 1.807) is 18.3 Å². The van der Waals surface area contributed by atoms with Crippen LogP contribution in [0.2, 0.25) is 0 Å². The maximum Gasteiger partial charge on any atom is 0.246 e.